The van der Waals surface area contributed by atoms with Crippen molar-refractivity contribution in [2.75, 3.05) is 5.73 Å². The predicted molar refractivity (Wildman–Crippen MR) is 65.0 cm³/mol. The largest absolute Gasteiger partial charge is 0.428 e. The van der Waals surface area contributed by atoms with Crippen LogP contribution in [0.3, 0.4) is 0 Å². The first kappa shape index (κ1) is 10.9. The van der Waals surface area contributed by atoms with Crippen LogP contribution in [-0.2, 0) is 6.42 Å². The van der Waals surface area contributed by atoms with Crippen molar-refractivity contribution in [1.82, 2.24) is 10.2 Å². The smallest absolute Gasteiger partial charge is 0.299 e. The zero-order valence-corrected chi connectivity index (χ0v) is 10.0. The van der Waals surface area contributed by atoms with Crippen LogP contribution in [0.25, 0.3) is 0 Å². The van der Waals surface area contributed by atoms with Crippen molar-refractivity contribution in [2.24, 2.45) is 0 Å². The van der Waals surface area contributed by atoms with Gasteiger partial charge < -0.3 is 10.5 Å². The lowest BCUT2D eigenvalue weighted by Gasteiger charge is -2.06. The standard InChI is InChI=1S/C11H13N3OS/c1-3-8-4-5-10(9(12)6-8)15-11-14-13-7(2)16-11/h4-6H,3,12H2,1-2H3. The molecule has 0 aliphatic carbocycles. The van der Waals surface area contributed by atoms with E-state index in [1.54, 1.807) is 0 Å². The van der Waals surface area contributed by atoms with Gasteiger partial charge in [-0.3, -0.25) is 0 Å². The summed E-state index contributed by atoms with van der Waals surface area (Å²) in [5.41, 5.74) is 7.71. The number of hydrogen-bond acceptors (Lipinski definition) is 5. The molecule has 2 aromatic rings. The zero-order chi connectivity index (χ0) is 11.5. The Kier molecular flexibility index (Phi) is 3.05. The van der Waals surface area contributed by atoms with E-state index in [1.807, 2.05) is 25.1 Å². The van der Waals surface area contributed by atoms with E-state index >= 15 is 0 Å². The minimum Gasteiger partial charge on any atom is -0.428 e. The number of aromatic nitrogens is 2. The van der Waals surface area contributed by atoms with Crippen molar-refractivity contribution < 1.29 is 4.74 Å². The second-order valence-electron chi connectivity index (χ2n) is 3.41. The molecule has 1 aromatic heterocycles. The van der Waals surface area contributed by atoms with Gasteiger partial charge in [-0.25, -0.2) is 0 Å². The Hall–Kier alpha value is -1.62. The van der Waals surface area contributed by atoms with E-state index in [0.29, 0.717) is 16.6 Å². The van der Waals surface area contributed by atoms with Gasteiger partial charge >= 0.3 is 0 Å². The summed E-state index contributed by atoms with van der Waals surface area (Å²) in [4.78, 5) is 0. The Labute approximate surface area is 98.1 Å². The Morgan fingerprint density at radius 2 is 2.19 bits per heavy atom. The highest BCUT2D eigenvalue weighted by Crippen LogP contribution is 2.29. The molecular weight excluding hydrogens is 222 g/mol. The van der Waals surface area contributed by atoms with E-state index in [0.717, 1.165) is 11.4 Å². The van der Waals surface area contributed by atoms with Gasteiger partial charge in [-0.1, -0.05) is 29.4 Å². The molecule has 0 saturated carbocycles. The summed E-state index contributed by atoms with van der Waals surface area (Å²) in [6.45, 7) is 3.97. The van der Waals surface area contributed by atoms with Gasteiger partial charge in [-0.2, -0.15) is 0 Å². The second kappa shape index (κ2) is 4.49. The van der Waals surface area contributed by atoms with Crippen LogP contribution in [0.15, 0.2) is 18.2 Å². The van der Waals surface area contributed by atoms with Crippen molar-refractivity contribution in [3.05, 3.63) is 28.8 Å². The van der Waals surface area contributed by atoms with Crippen LogP contribution in [0, 0.1) is 6.92 Å². The number of hydrogen-bond donors (Lipinski definition) is 1. The highest BCUT2D eigenvalue weighted by molar-refractivity contribution is 7.13. The lowest BCUT2D eigenvalue weighted by Crippen LogP contribution is -1.93. The number of rotatable bonds is 3. The van der Waals surface area contributed by atoms with Crippen LogP contribution < -0.4 is 10.5 Å². The predicted octanol–water partition coefficient (Wildman–Crippen LogP) is 2.78. The maximum absolute atomic E-state index is 5.88. The SMILES string of the molecule is CCc1ccc(Oc2nnc(C)s2)c(N)c1. The zero-order valence-electron chi connectivity index (χ0n) is 9.23. The molecule has 0 radical (unpaired) electrons. The lowest BCUT2D eigenvalue weighted by molar-refractivity contribution is 0.475. The highest BCUT2D eigenvalue weighted by atomic mass is 32.1. The molecule has 5 heteroatoms. The van der Waals surface area contributed by atoms with Crippen molar-refractivity contribution >= 4 is 17.0 Å². The van der Waals surface area contributed by atoms with E-state index in [9.17, 15) is 0 Å². The number of ether oxygens (including phenoxy) is 1. The normalized spacial score (nSPS) is 10.4. The molecule has 16 heavy (non-hydrogen) atoms. The second-order valence-corrected chi connectivity index (χ2v) is 4.56. The number of benzene rings is 1. The van der Waals surface area contributed by atoms with E-state index < -0.39 is 0 Å². The van der Waals surface area contributed by atoms with Gasteiger partial charge in [0.1, 0.15) is 5.01 Å². The van der Waals surface area contributed by atoms with E-state index in [4.69, 9.17) is 10.5 Å². The fourth-order valence-corrected chi connectivity index (χ4v) is 1.87. The molecule has 1 heterocycles. The molecule has 0 atom stereocenters. The third kappa shape index (κ3) is 2.30. The third-order valence-corrected chi connectivity index (χ3v) is 2.90. The first-order chi connectivity index (χ1) is 7.69. The average Bonchev–Trinajstić information content (AvgIpc) is 2.67. The minimum absolute atomic E-state index is 0.522. The van der Waals surface area contributed by atoms with Crippen molar-refractivity contribution in [3.63, 3.8) is 0 Å². The van der Waals surface area contributed by atoms with E-state index in [-0.39, 0.29) is 0 Å². The molecule has 0 fully saturated rings. The molecule has 0 saturated heterocycles. The Bertz CT molecular complexity index is 496. The maximum atomic E-state index is 5.88. The monoisotopic (exact) mass is 235 g/mol. The van der Waals surface area contributed by atoms with Gasteiger partial charge in [0.05, 0.1) is 5.69 Å². The minimum atomic E-state index is 0.522. The summed E-state index contributed by atoms with van der Waals surface area (Å²) >= 11 is 1.40. The number of nitrogen functional groups attached to an aromatic ring is 1. The molecule has 2 rings (SSSR count). The first-order valence-corrected chi connectivity index (χ1v) is 5.87. The highest BCUT2D eigenvalue weighted by Gasteiger charge is 2.06. The van der Waals surface area contributed by atoms with Crippen LogP contribution in [0.4, 0.5) is 5.69 Å². The van der Waals surface area contributed by atoms with Gasteiger partial charge in [0.25, 0.3) is 5.19 Å². The average molecular weight is 235 g/mol. The van der Waals surface area contributed by atoms with E-state index in [1.165, 1.54) is 16.9 Å². The number of nitrogens with zero attached hydrogens (tertiary/aromatic N) is 2. The lowest BCUT2D eigenvalue weighted by atomic mass is 10.1. The summed E-state index contributed by atoms with van der Waals surface area (Å²) in [6.07, 6.45) is 0.961. The van der Waals surface area contributed by atoms with Gasteiger partial charge in [-0.05, 0) is 31.0 Å². The summed E-state index contributed by atoms with van der Waals surface area (Å²) < 4.78 is 5.55. The molecule has 4 nitrogen and oxygen atoms in total. The fourth-order valence-electron chi connectivity index (χ4n) is 1.32. The Balaban J connectivity index is 2.21. The number of anilines is 1. The van der Waals surface area contributed by atoms with E-state index in [2.05, 4.69) is 17.1 Å². The molecule has 84 valence electrons. The van der Waals surface area contributed by atoms with Crippen LogP contribution in [-0.4, -0.2) is 10.2 Å². The molecule has 2 N–H and O–H groups in total. The van der Waals surface area contributed by atoms with Crippen LogP contribution in [0.5, 0.6) is 10.9 Å². The molecular formula is C11H13N3OS. The summed E-state index contributed by atoms with van der Waals surface area (Å²) in [7, 11) is 0. The van der Waals surface area contributed by atoms with Gasteiger partial charge in [0.15, 0.2) is 5.75 Å². The number of nitrogens with two attached hydrogens (primary N) is 1. The van der Waals surface area contributed by atoms with Crippen LogP contribution in [0.1, 0.15) is 17.5 Å². The molecule has 0 bridgehead atoms. The van der Waals surface area contributed by atoms with Crippen LogP contribution in [0.2, 0.25) is 0 Å². The van der Waals surface area contributed by atoms with Gasteiger partial charge in [0, 0.05) is 0 Å². The molecule has 0 spiro atoms. The Morgan fingerprint density at radius 1 is 1.38 bits per heavy atom. The quantitative estimate of drug-likeness (QED) is 0.831. The summed E-state index contributed by atoms with van der Waals surface area (Å²) in [6, 6.07) is 5.79. The maximum Gasteiger partial charge on any atom is 0.299 e. The van der Waals surface area contributed by atoms with Gasteiger partial charge in [0.2, 0.25) is 0 Å². The summed E-state index contributed by atoms with van der Waals surface area (Å²) in [5, 5.41) is 9.16. The topological polar surface area (TPSA) is 61.0 Å². The van der Waals surface area contributed by atoms with Crippen LogP contribution >= 0.6 is 11.3 Å². The van der Waals surface area contributed by atoms with Crippen molar-refractivity contribution in [1.29, 1.82) is 0 Å². The molecule has 1 aromatic carbocycles. The Morgan fingerprint density at radius 3 is 2.75 bits per heavy atom. The third-order valence-electron chi connectivity index (χ3n) is 2.19. The molecule has 0 aliphatic heterocycles. The van der Waals surface area contributed by atoms with Crippen molar-refractivity contribution in [2.45, 2.75) is 20.3 Å². The van der Waals surface area contributed by atoms with Gasteiger partial charge in [-0.15, -0.1) is 5.10 Å². The molecule has 0 aliphatic rings. The fraction of sp³-hybridized carbons (Fsp3) is 0.273. The first-order valence-electron chi connectivity index (χ1n) is 5.05. The summed E-state index contributed by atoms with van der Waals surface area (Å²) in [5.74, 6) is 0.633. The van der Waals surface area contributed by atoms with Crippen molar-refractivity contribution in [3.8, 4) is 10.9 Å². The molecule has 0 unspecified atom stereocenters. The molecule has 0 amide bonds. The number of aryl methyl sites for hydroxylation is 2.